The number of H-pyrrole nitrogens is 1. The molecule has 1 aliphatic carbocycles. The van der Waals surface area contributed by atoms with Gasteiger partial charge in [0, 0.05) is 22.7 Å². The summed E-state index contributed by atoms with van der Waals surface area (Å²) in [5.41, 5.74) is 2.60. The number of aromatic amines is 1. The van der Waals surface area contributed by atoms with Crippen LogP contribution in [-0.4, -0.2) is 26.2 Å². The molecule has 29 heavy (non-hydrogen) atoms. The highest BCUT2D eigenvalue weighted by atomic mass is 35.5. The summed E-state index contributed by atoms with van der Waals surface area (Å²) in [4.78, 5) is 15.4. The predicted octanol–water partition coefficient (Wildman–Crippen LogP) is 4.12. The van der Waals surface area contributed by atoms with Crippen LogP contribution in [0, 0.1) is 0 Å². The quantitative estimate of drug-likeness (QED) is 0.584. The molecule has 1 saturated carbocycles. The fourth-order valence-corrected chi connectivity index (χ4v) is 6.19. The van der Waals surface area contributed by atoms with E-state index in [0.717, 1.165) is 41.5 Å². The molecule has 3 aromatic rings. The second-order valence-corrected chi connectivity index (χ2v) is 10.1. The summed E-state index contributed by atoms with van der Waals surface area (Å²) < 4.78 is 19.9. The molecular weight excluding hydrogens is 410 g/mol. The van der Waals surface area contributed by atoms with Gasteiger partial charge in [-0.25, -0.2) is 8.93 Å². The van der Waals surface area contributed by atoms with Gasteiger partial charge in [0.05, 0.1) is 21.6 Å². The zero-order valence-electron chi connectivity index (χ0n) is 15.7. The van der Waals surface area contributed by atoms with Crippen molar-refractivity contribution in [1.82, 2.24) is 9.71 Å². The molecule has 1 fully saturated rings. The van der Waals surface area contributed by atoms with Gasteiger partial charge in [0.25, 0.3) is 5.91 Å². The van der Waals surface area contributed by atoms with E-state index < -0.39 is 27.5 Å². The number of halogens is 1. The molecule has 6 nitrogen and oxygen atoms in total. The van der Waals surface area contributed by atoms with Crippen LogP contribution in [0.4, 0.5) is 0 Å². The lowest BCUT2D eigenvalue weighted by Crippen LogP contribution is -2.33. The van der Waals surface area contributed by atoms with Crippen LogP contribution in [0.5, 0.6) is 0 Å². The van der Waals surface area contributed by atoms with Gasteiger partial charge in [0.2, 0.25) is 0 Å². The Morgan fingerprint density at radius 2 is 1.97 bits per heavy atom. The van der Waals surface area contributed by atoms with E-state index in [2.05, 4.69) is 14.1 Å². The number of hydrogen-bond acceptors (Lipinski definition) is 3. The van der Waals surface area contributed by atoms with Crippen LogP contribution in [0.3, 0.4) is 0 Å². The van der Waals surface area contributed by atoms with Crippen molar-refractivity contribution in [3.05, 3.63) is 53.2 Å². The minimum Gasteiger partial charge on any atom is -0.385 e. The molecule has 1 aliphatic heterocycles. The van der Waals surface area contributed by atoms with Gasteiger partial charge >= 0.3 is 0 Å². The average molecular weight is 430 g/mol. The number of aromatic nitrogens is 1. The fraction of sp³-hybridized carbons (Fsp3) is 0.286. The molecule has 0 saturated heterocycles. The van der Waals surface area contributed by atoms with Gasteiger partial charge < -0.3 is 10.1 Å². The molecule has 0 bridgehead atoms. The van der Waals surface area contributed by atoms with Crippen molar-refractivity contribution >= 4 is 38.3 Å². The van der Waals surface area contributed by atoms with E-state index in [9.17, 15) is 14.1 Å². The third kappa shape index (κ3) is 2.92. The first kappa shape index (κ1) is 18.8. The van der Waals surface area contributed by atoms with Crippen molar-refractivity contribution in [2.45, 2.75) is 42.7 Å². The molecule has 8 heteroatoms. The van der Waals surface area contributed by atoms with Gasteiger partial charge in [-0.15, -0.1) is 4.36 Å². The molecule has 150 valence electrons. The Kier molecular flexibility index (Phi) is 4.15. The first-order chi connectivity index (χ1) is 13.8. The summed E-state index contributed by atoms with van der Waals surface area (Å²) >= 11 is 6.52. The molecule has 0 radical (unpaired) electrons. The van der Waals surface area contributed by atoms with E-state index in [0.29, 0.717) is 15.3 Å². The highest BCUT2D eigenvalue weighted by molar-refractivity contribution is 7.92. The summed E-state index contributed by atoms with van der Waals surface area (Å²) in [7, 11) is -3.03. The van der Waals surface area contributed by atoms with Gasteiger partial charge in [-0.05, 0) is 49.4 Å². The van der Waals surface area contributed by atoms with Crippen molar-refractivity contribution in [1.29, 1.82) is 0 Å². The topological polar surface area (TPSA) is 94.6 Å². The Bertz CT molecular complexity index is 1270. The maximum Gasteiger partial charge on any atom is 0.272 e. The monoisotopic (exact) mass is 429 g/mol. The van der Waals surface area contributed by atoms with E-state index in [1.165, 1.54) is 0 Å². The third-order valence-corrected chi connectivity index (χ3v) is 8.23. The predicted molar refractivity (Wildman–Crippen MR) is 113 cm³/mol. The molecule has 1 unspecified atom stereocenters. The number of hydrogen-bond donors (Lipinski definition) is 3. The smallest absolute Gasteiger partial charge is 0.272 e. The summed E-state index contributed by atoms with van der Waals surface area (Å²) in [6.07, 6.45) is 4.22. The zero-order valence-corrected chi connectivity index (χ0v) is 17.3. The molecular formula is C21H20ClN3O3S. The molecule has 2 aromatic carbocycles. The van der Waals surface area contributed by atoms with Gasteiger partial charge in [-0.3, -0.25) is 4.79 Å². The number of aliphatic hydroxyl groups is 1. The zero-order chi connectivity index (χ0) is 20.4. The van der Waals surface area contributed by atoms with E-state index in [1.54, 1.807) is 19.2 Å². The van der Waals surface area contributed by atoms with Crippen LogP contribution in [0.1, 0.15) is 31.7 Å². The summed E-state index contributed by atoms with van der Waals surface area (Å²) in [6, 6.07) is 10.8. The standard InChI is InChI=1S/C21H20ClN3O3S/c1-12-20(26)25-29(28,24-12)19-11-23-18-10-17(22)15(9-16(18)19)13-3-5-14(6-4-13)21(27)7-2-8-21/h3-6,9-12,23,27H,2,7-8H2,1H3,(H,24,25,26,28)/t12-,29?/m0/s1. The van der Waals surface area contributed by atoms with E-state index in [-0.39, 0.29) is 0 Å². The lowest BCUT2D eigenvalue weighted by atomic mass is 9.75. The van der Waals surface area contributed by atoms with Crippen LogP contribution < -0.4 is 4.72 Å². The van der Waals surface area contributed by atoms with E-state index in [4.69, 9.17) is 11.6 Å². The molecule has 5 rings (SSSR count). The Hall–Kier alpha value is -2.19. The number of amides is 1. The highest BCUT2D eigenvalue weighted by Gasteiger charge is 2.36. The molecule has 3 N–H and O–H groups in total. The summed E-state index contributed by atoms with van der Waals surface area (Å²) in [6.45, 7) is 1.65. The Morgan fingerprint density at radius 1 is 1.24 bits per heavy atom. The highest BCUT2D eigenvalue weighted by Crippen LogP contribution is 2.42. The molecule has 2 aliphatic rings. The normalized spacial score (nSPS) is 25.8. The first-order valence-corrected chi connectivity index (χ1v) is 11.4. The molecule has 2 heterocycles. The number of carbonyl (C=O) groups is 1. The molecule has 0 spiro atoms. The summed E-state index contributed by atoms with van der Waals surface area (Å²) in [5.74, 6) is -0.414. The number of nitrogens with one attached hydrogen (secondary N) is 2. The minimum absolute atomic E-state index is 0.414. The van der Waals surface area contributed by atoms with Crippen LogP contribution in [0.25, 0.3) is 22.0 Å². The summed E-state index contributed by atoms with van der Waals surface area (Å²) in [5, 5.41) is 11.8. The molecule has 2 atom stereocenters. The third-order valence-electron chi connectivity index (χ3n) is 5.87. The number of nitrogens with zero attached hydrogens (tertiary/aromatic N) is 1. The fourth-order valence-electron chi connectivity index (χ4n) is 3.96. The number of rotatable bonds is 3. The minimum atomic E-state index is -3.03. The van der Waals surface area contributed by atoms with Crippen molar-refractivity contribution in [3.8, 4) is 11.1 Å². The van der Waals surface area contributed by atoms with Crippen molar-refractivity contribution in [2.75, 3.05) is 0 Å². The Morgan fingerprint density at radius 3 is 2.55 bits per heavy atom. The SMILES string of the molecule is C[C@@H]1NS(=O)(c2c[nH]c3cc(Cl)c(-c4ccc(C5(O)CCC5)cc4)cc23)=NC1=O. The number of carbonyl (C=O) groups excluding carboxylic acids is 1. The van der Waals surface area contributed by atoms with Gasteiger partial charge in [-0.1, -0.05) is 35.9 Å². The lowest BCUT2D eigenvalue weighted by molar-refractivity contribution is -0.118. The largest absolute Gasteiger partial charge is 0.385 e. The van der Waals surface area contributed by atoms with E-state index in [1.807, 2.05) is 30.3 Å². The lowest BCUT2D eigenvalue weighted by Gasteiger charge is -2.37. The van der Waals surface area contributed by atoms with E-state index >= 15 is 0 Å². The number of fused-ring (bicyclic) bond motifs is 1. The molecule has 1 aromatic heterocycles. The van der Waals surface area contributed by atoms with Gasteiger partial charge in [0.1, 0.15) is 9.92 Å². The maximum atomic E-state index is 13.2. The number of benzene rings is 2. The van der Waals surface area contributed by atoms with Crippen molar-refractivity contribution in [2.24, 2.45) is 4.36 Å². The average Bonchev–Trinajstić information content (AvgIpc) is 3.20. The second kappa shape index (κ2) is 6.40. The van der Waals surface area contributed by atoms with Crippen LogP contribution in [0.15, 0.2) is 51.9 Å². The van der Waals surface area contributed by atoms with Crippen molar-refractivity contribution < 1.29 is 14.1 Å². The van der Waals surface area contributed by atoms with Gasteiger partial charge in [-0.2, -0.15) is 0 Å². The van der Waals surface area contributed by atoms with Crippen LogP contribution in [0.2, 0.25) is 5.02 Å². The molecule has 1 amide bonds. The van der Waals surface area contributed by atoms with Gasteiger partial charge in [0.15, 0.2) is 0 Å². The van der Waals surface area contributed by atoms with Crippen LogP contribution >= 0.6 is 11.6 Å². The second-order valence-electron chi connectivity index (χ2n) is 7.79. The van der Waals surface area contributed by atoms with Crippen LogP contribution in [-0.2, 0) is 20.3 Å². The first-order valence-electron chi connectivity index (χ1n) is 9.51. The Labute approximate surface area is 173 Å². The van der Waals surface area contributed by atoms with Crippen molar-refractivity contribution in [3.63, 3.8) is 0 Å². The Balaban J connectivity index is 1.61. The maximum absolute atomic E-state index is 13.2.